The summed E-state index contributed by atoms with van der Waals surface area (Å²) in [4.78, 5) is 0. The van der Waals surface area contributed by atoms with Crippen molar-refractivity contribution in [2.45, 2.75) is 78.1 Å². The first kappa shape index (κ1) is 19.1. The zero-order chi connectivity index (χ0) is 17.0. The van der Waals surface area contributed by atoms with Gasteiger partial charge in [0.25, 0.3) is 0 Å². The van der Waals surface area contributed by atoms with Gasteiger partial charge in [0.15, 0.2) is 0 Å². The highest BCUT2D eigenvalue weighted by molar-refractivity contribution is 5.20. The molecule has 24 heavy (non-hydrogen) atoms. The van der Waals surface area contributed by atoms with Crippen molar-refractivity contribution in [3.05, 3.63) is 42.0 Å². The maximum absolute atomic E-state index is 5.77. The van der Waals surface area contributed by atoms with Gasteiger partial charge in [-0.2, -0.15) is 0 Å². The quantitative estimate of drug-likeness (QED) is 0.309. The molecule has 0 heterocycles. The Labute approximate surface area is 149 Å². The summed E-state index contributed by atoms with van der Waals surface area (Å²) in [5.41, 5.74) is 1.70. The third-order valence-corrected chi connectivity index (χ3v) is 5.66. The minimum atomic E-state index is 0.843. The molecule has 0 aromatic heterocycles. The molecule has 1 atom stereocenters. The number of unbranched alkanes of at least 4 members (excludes halogenated alkanes) is 1. The van der Waals surface area contributed by atoms with Gasteiger partial charge in [-0.3, -0.25) is 0 Å². The Morgan fingerprint density at radius 1 is 1.08 bits per heavy atom. The molecule has 0 spiro atoms. The second-order valence-electron chi connectivity index (χ2n) is 7.38. The van der Waals surface area contributed by atoms with E-state index in [1.54, 1.807) is 5.57 Å². The first-order valence-electron chi connectivity index (χ1n) is 10.2. The van der Waals surface area contributed by atoms with Crippen LogP contribution in [0, 0.1) is 11.8 Å². The van der Waals surface area contributed by atoms with Crippen molar-refractivity contribution in [3.8, 4) is 5.75 Å². The van der Waals surface area contributed by atoms with E-state index in [2.05, 4.69) is 19.9 Å². The lowest BCUT2D eigenvalue weighted by Crippen LogP contribution is -2.08. The summed E-state index contributed by atoms with van der Waals surface area (Å²) >= 11 is 0. The van der Waals surface area contributed by atoms with Crippen LogP contribution in [-0.2, 0) is 0 Å². The van der Waals surface area contributed by atoms with Gasteiger partial charge in [-0.05, 0) is 68.9 Å². The predicted octanol–water partition coefficient (Wildman–Crippen LogP) is 7.18. The summed E-state index contributed by atoms with van der Waals surface area (Å²) in [6.45, 7) is 5.53. The molecular formula is C23H36O. The molecule has 0 N–H and O–H groups in total. The summed E-state index contributed by atoms with van der Waals surface area (Å²) in [5.74, 6) is 2.91. The van der Waals surface area contributed by atoms with Crippen LogP contribution in [0.4, 0.5) is 0 Å². The molecule has 0 fully saturated rings. The minimum Gasteiger partial charge on any atom is -0.494 e. The normalized spacial score (nSPS) is 17.8. The molecule has 0 radical (unpaired) electrons. The maximum atomic E-state index is 5.77. The standard InChI is InChI=1S/C23H36O/c1-3-20(4-2)13-14-22-17-15-21(16-18-22)10-8-9-19-24-23-11-6-5-7-12-23/h5-7,11-12,15,20,22H,3-4,8-10,13-14,16-19H2,1-2H3. The molecular weight excluding hydrogens is 292 g/mol. The fourth-order valence-electron chi connectivity index (χ4n) is 3.76. The van der Waals surface area contributed by atoms with Crippen LogP contribution in [0.5, 0.6) is 5.75 Å². The van der Waals surface area contributed by atoms with Crippen LogP contribution < -0.4 is 4.74 Å². The lowest BCUT2D eigenvalue weighted by Gasteiger charge is -2.23. The first-order chi connectivity index (χ1) is 11.8. The van der Waals surface area contributed by atoms with Gasteiger partial charge in [0, 0.05) is 0 Å². The minimum absolute atomic E-state index is 0.843. The van der Waals surface area contributed by atoms with Crippen LogP contribution in [0.1, 0.15) is 78.1 Å². The summed E-state index contributed by atoms with van der Waals surface area (Å²) in [7, 11) is 0. The maximum Gasteiger partial charge on any atom is 0.119 e. The van der Waals surface area contributed by atoms with Crippen LogP contribution in [0.2, 0.25) is 0 Å². The molecule has 1 aromatic rings. The topological polar surface area (TPSA) is 9.23 Å². The Kier molecular flexibility index (Phi) is 9.02. The number of hydrogen-bond acceptors (Lipinski definition) is 1. The van der Waals surface area contributed by atoms with Crippen LogP contribution in [0.25, 0.3) is 0 Å². The van der Waals surface area contributed by atoms with Crippen molar-refractivity contribution < 1.29 is 4.74 Å². The van der Waals surface area contributed by atoms with E-state index in [4.69, 9.17) is 4.74 Å². The van der Waals surface area contributed by atoms with Crippen LogP contribution in [0.3, 0.4) is 0 Å². The van der Waals surface area contributed by atoms with Crippen molar-refractivity contribution in [1.82, 2.24) is 0 Å². The lowest BCUT2D eigenvalue weighted by molar-refractivity contribution is 0.306. The van der Waals surface area contributed by atoms with E-state index < -0.39 is 0 Å². The van der Waals surface area contributed by atoms with E-state index in [-0.39, 0.29) is 0 Å². The monoisotopic (exact) mass is 328 g/mol. The second-order valence-corrected chi connectivity index (χ2v) is 7.38. The molecule has 1 aliphatic carbocycles. The van der Waals surface area contributed by atoms with Crippen molar-refractivity contribution in [2.24, 2.45) is 11.8 Å². The Hall–Kier alpha value is -1.24. The summed E-state index contributed by atoms with van der Waals surface area (Å²) in [6.07, 6.45) is 15.9. The molecule has 1 unspecified atom stereocenters. The van der Waals surface area contributed by atoms with Gasteiger partial charge in [-0.1, -0.05) is 63.0 Å². The fraction of sp³-hybridized carbons (Fsp3) is 0.652. The summed E-state index contributed by atoms with van der Waals surface area (Å²) < 4.78 is 5.77. The van der Waals surface area contributed by atoms with E-state index in [9.17, 15) is 0 Å². The van der Waals surface area contributed by atoms with Gasteiger partial charge in [-0.15, -0.1) is 0 Å². The molecule has 0 saturated carbocycles. The van der Waals surface area contributed by atoms with Gasteiger partial charge < -0.3 is 4.74 Å². The van der Waals surface area contributed by atoms with Gasteiger partial charge in [0.1, 0.15) is 5.75 Å². The van der Waals surface area contributed by atoms with E-state index in [0.29, 0.717) is 0 Å². The molecule has 2 rings (SSSR count). The Balaban J connectivity index is 1.55. The van der Waals surface area contributed by atoms with Crippen molar-refractivity contribution >= 4 is 0 Å². The predicted molar refractivity (Wildman–Crippen MR) is 105 cm³/mol. The van der Waals surface area contributed by atoms with Gasteiger partial charge in [0.2, 0.25) is 0 Å². The Bertz CT molecular complexity index is 458. The molecule has 0 bridgehead atoms. The molecule has 1 nitrogen and oxygen atoms in total. The first-order valence-corrected chi connectivity index (χ1v) is 10.2. The largest absolute Gasteiger partial charge is 0.494 e. The average Bonchev–Trinajstić information content (AvgIpc) is 2.64. The van der Waals surface area contributed by atoms with E-state index in [1.807, 2.05) is 30.3 Å². The molecule has 0 aliphatic heterocycles. The third kappa shape index (κ3) is 7.11. The SMILES string of the molecule is CCC(CC)CCC1CC=C(CCCCOc2ccccc2)CC1. The Morgan fingerprint density at radius 3 is 2.54 bits per heavy atom. The fourth-order valence-corrected chi connectivity index (χ4v) is 3.76. The molecule has 0 amide bonds. The van der Waals surface area contributed by atoms with E-state index in [1.165, 1.54) is 57.8 Å². The Morgan fingerprint density at radius 2 is 1.88 bits per heavy atom. The van der Waals surface area contributed by atoms with Gasteiger partial charge in [-0.25, -0.2) is 0 Å². The van der Waals surface area contributed by atoms with E-state index >= 15 is 0 Å². The van der Waals surface area contributed by atoms with Crippen LogP contribution >= 0.6 is 0 Å². The highest BCUT2D eigenvalue weighted by Crippen LogP contribution is 2.31. The summed E-state index contributed by atoms with van der Waals surface area (Å²) in [6, 6.07) is 10.2. The number of ether oxygens (including phenoxy) is 1. The number of rotatable bonds is 11. The third-order valence-electron chi connectivity index (χ3n) is 5.66. The zero-order valence-corrected chi connectivity index (χ0v) is 15.8. The molecule has 134 valence electrons. The van der Waals surface area contributed by atoms with Crippen molar-refractivity contribution in [3.63, 3.8) is 0 Å². The lowest BCUT2D eigenvalue weighted by atomic mass is 9.82. The van der Waals surface area contributed by atoms with E-state index in [0.717, 1.165) is 30.6 Å². The van der Waals surface area contributed by atoms with Crippen molar-refractivity contribution in [2.75, 3.05) is 6.61 Å². The van der Waals surface area contributed by atoms with Crippen molar-refractivity contribution in [1.29, 1.82) is 0 Å². The zero-order valence-electron chi connectivity index (χ0n) is 15.8. The molecule has 0 saturated heterocycles. The highest BCUT2D eigenvalue weighted by atomic mass is 16.5. The molecule has 1 aromatic carbocycles. The van der Waals surface area contributed by atoms with Gasteiger partial charge in [0.05, 0.1) is 6.61 Å². The number of allylic oxidation sites excluding steroid dienone is 2. The average molecular weight is 329 g/mol. The molecule has 1 heteroatoms. The number of para-hydroxylation sites is 1. The smallest absolute Gasteiger partial charge is 0.119 e. The highest BCUT2D eigenvalue weighted by Gasteiger charge is 2.15. The van der Waals surface area contributed by atoms with Crippen LogP contribution in [0.15, 0.2) is 42.0 Å². The van der Waals surface area contributed by atoms with Crippen LogP contribution in [-0.4, -0.2) is 6.61 Å². The second kappa shape index (κ2) is 11.3. The number of hydrogen-bond donors (Lipinski definition) is 0. The summed E-state index contributed by atoms with van der Waals surface area (Å²) in [5, 5.41) is 0. The van der Waals surface area contributed by atoms with Gasteiger partial charge >= 0.3 is 0 Å². The number of benzene rings is 1. The molecule has 1 aliphatic rings.